The standard InChI is InChI=1S/C32H42N5O11P/c1-5-26(38)46-30-31(4,43-19-32(30,47-27(39)6-2)25-13-12-24-28(33)34-20-35-37(24)25)18-44-49(41,48-23-10-8-7-9-11-23)36-21(3)29(40)45-22-14-16-42-17-15-22/h7-13,20-22,30H,5-6,14-19H2,1-4H3,(H,36,41)(H2,33,34,35)/t21-,30+,31+,32-,49?/m0/s1. The Bertz CT molecular complexity index is 1680. The molecule has 16 nitrogen and oxygen atoms in total. The summed E-state index contributed by atoms with van der Waals surface area (Å²) in [5.74, 6) is -1.53. The summed E-state index contributed by atoms with van der Waals surface area (Å²) in [6, 6.07) is 10.4. The summed E-state index contributed by atoms with van der Waals surface area (Å²) in [6.45, 7) is 6.39. The summed E-state index contributed by atoms with van der Waals surface area (Å²) in [7, 11) is -4.39. The highest BCUT2D eigenvalue weighted by Gasteiger charge is 2.64. The van der Waals surface area contributed by atoms with Crippen LogP contribution in [-0.4, -0.2) is 82.8 Å². The molecule has 0 bridgehead atoms. The minimum Gasteiger partial charge on any atom is -0.461 e. The largest absolute Gasteiger partial charge is 0.461 e. The van der Waals surface area contributed by atoms with Crippen molar-refractivity contribution in [1.29, 1.82) is 0 Å². The highest BCUT2D eigenvalue weighted by atomic mass is 31.2. The van der Waals surface area contributed by atoms with Gasteiger partial charge in [0.05, 0.1) is 32.1 Å². The van der Waals surface area contributed by atoms with Gasteiger partial charge in [0, 0.05) is 25.7 Å². The zero-order valence-electron chi connectivity index (χ0n) is 27.9. The molecule has 2 saturated heterocycles. The van der Waals surface area contributed by atoms with Gasteiger partial charge in [0.1, 0.15) is 35.3 Å². The number of nitrogens with two attached hydrogens (primary N) is 1. The molecule has 1 unspecified atom stereocenters. The van der Waals surface area contributed by atoms with Crippen molar-refractivity contribution in [2.75, 3.05) is 32.2 Å². The average molecular weight is 704 g/mol. The van der Waals surface area contributed by atoms with E-state index >= 15 is 0 Å². The van der Waals surface area contributed by atoms with Crippen LogP contribution in [0.4, 0.5) is 5.82 Å². The molecule has 0 amide bonds. The SMILES string of the molecule is CCC(=O)O[C@@H]1[C@@](C)(COP(=O)(N[C@@H](C)C(=O)OC2CCOCC2)Oc2ccccc2)OC[C@]1(OC(=O)CC)c1ccc2c(N)ncnn12. The van der Waals surface area contributed by atoms with Crippen LogP contribution in [0, 0.1) is 0 Å². The highest BCUT2D eigenvalue weighted by Crippen LogP contribution is 2.50. The zero-order valence-corrected chi connectivity index (χ0v) is 28.8. The summed E-state index contributed by atoms with van der Waals surface area (Å²) in [5, 5.41) is 6.99. The summed E-state index contributed by atoms with van der Waals surface area (Å²) < 4.78 is 57.0. The van der Waals surface area contributed by atoms with Crippen LogP contribution in [0.2, 0.25) is 0 Å². The predicted octanol–water partition coefficient (Wildman–Crippen LogP) is 3.47. The number of anilines is 1. The molecule has 266 valence electrons. The molecule has 0 spiro atoms. The van der Waals surface area contributed by atoms with Crippen molar-refractivity contribution in [1.82, 2.24) is 19.7 Å². The number of nitrogens with zero attached hydrogens (tertiary/aromatic N) is 3. The Morgan fingerprint density at radius 2 is 1.80 bits per heavy atom. The van der Waals surface area contributed by atoms with E-state index in [9.17, 15) is 18.9 Å². The number of nitrogen functional groups attached to an aromatic ring is 1. The normalized spacial score (nSPS) is 24.5. The number of esters is 3. The number of ether oxygens (including phenoxy) is 5. The van der Waals surface area contributed by atoms with Crippen molar-refractivity contribution >= 4 is 37.0 Å². The van der Waals surface area contributed by atoms with Crippen molar-refractivity contribution in [3.63, 3.8) is 0 Å². The zero-order chi connectivity index (χ0) is 35.2. The monoisotopic (exact) mass is 703 g/mol. The third kappa shape index (κ3) is 8.05. The second-order valence-electron chi connectivity index (χ2n) is 12.0. The maximum absolute atomic E-state index is 14.4. The third-order valence-corrected chi connectivity index (χ3v) is 9.90. The summed E-state index contributed by atoms with van der Waals surface area (Å²) in [5.41, 5.74) is 3.47. The van der Waals surface area contributed by atoms with E-state index in [0.29, 0.717) is 37.3 Å². The summed E-state index contributed by atoms with van der Waals surface area (Å²) in [6.07, 6.45) is 0.614. The van der Waals surface area contributed by atoms with Crippen LogP contribution < -0.4 is 15.3 Å². The van der Waals surface area contributed by atoms with Gasteiger partial charge in [-0.05, 0) is 38.1 Å². The van der Waals surface area contributed by atoms with Gasteiger partial charge < -0.3 is 33.9 Å². The highest BCUT2D eigenvalue weighted by molar-refractivity contribution is 7.52. The molecule has 0 aliphatic carbocycles. The lowest BCUT2D eigenvalue weighted by Gasteiger charge is -2.38. The molecular weight excluding hydrogens is 661 g/mol. The van der Waals surface area contributed by atoms with Crippen LogP contribution in [0.15, 0.2) is 48.8 Å². The number of hydrogen-bond acceptors (Lipinski definition) is 14. The minimum absolute atomic E-state index is 0.00422. The van der Waals surface area contributed by atoms with E-state index in [1.54, 1.807) is 63.2 Å². The lowest BCUT2D eigenvalue weighted by Crippen LogP contribution is -2.54. The quantitative estimate of drug-likeness (QED) is 0.140. The minimum atomic E-state index is -4.39. The van der Waals surface area contributed by atoms with Crippen molar-refractivity contribution in [2.45, 2.75) is 82.8 Å². The maximum atomic E-state index is 14.4. The van der Waals surface area contributed by atoms with E-state index in [2.05, 4.69) is 15.2 Å². The average Bonchev–Trinajstić information content (AvgIpc) is 3.65. The molecule has 5 rings (SSSR count). The number of aromatic nitrogens is 3. The fourth-order valence-corrected chi connectivity index (χ4v) is 7.22. The molecule has 5 atom stereocenters. The van der Waals surface area contributed by atoms with E-state index in [4.69, 9.17) is 38.5 Å². The van der Waals surface area contributed by atoms with Crippen LogP contribution in [0.3, 0.4) is 0 Å². The molecule has 1 aromatic carbocycles. The Balaban J connectivity index is 1.48. The molecule has 2 aromatic heterocycles. The molecule has 3 N–H and O–H groups in total. The molecule has 0 radical (unpaired) electrons. The van der Waals surface area contributed by atoms with Gasteiger partial charge in [0.2, 0.25) is 5.60 Å². The van der Waals surface area contributed by atoms with Crippen LogP contribution >= 0.6 is 7.75 Å². The number of rotatable bonds is 14. The molecule has 2 aliphatic rings. The van der Waals surface area contributed by atoms with E-state index in [1.165, 1.54) is 17.8 Å². The Morgan fingerprint density at radius 3 is 2.49 bits per heavy atom. The molecule has 2 fully saturated rings. The van der Waals surface area contributed by atoms with Crippen molar-refractivity contribution < 1.29 is 51.7 Å². The second kappa shape index (κ2) is 15.2. The van der Waals surface area contributed by atoms with Gasteiger partial charge in [-0.15, -0.1) is 0 Å². The smallest absolute Gasteiger partial charge is 0.459 e. The molecule has 49 heavy (non-hydrogen) atoms. The van der Waals surface area contributed by atoms with Crippen molar-refractivity contribution in [3.05, 3.63) is 54.5 Å². The lowest BCUT2D eigenvalue weighted by atomic mass is 9.85. The summed E-state index contributed by atoms with van der Waals surface area (Å²) in [4.78, 5) is 43.0. The van der Waals surface area contributed by atoms with E-state index in [0.717, 1.165) is 0 Å². The first-order valence-electron chi connectivity index (χ1n) is 16.1. The fraction of sp³-hybridized carbons (Fsp3) is 0.531. The first kappa shape index (κ1) is 36.2. The number of para-hydroxylation sites is 1. The van der Waals surface area contributed by atoms with E-state index in [1.807, 2.05) is 0 Å². The van der Waals surface area contributed by atoms with Crippen LogP contribution in [-0.2, 0) is 52.8 Å². The Labute approximate surface area is 283 Å². The van der Waals surface area contributed by atoms with Gasteiger partial charge in [0.15, 0.2) is 11.9 Å². The first-order valence-corrected chi connectivity index (χ1v) is 17.7. The molecule has 0 saturated carbocycles. The van der Waals surface area contributed by atoms with Crippen LogP contribution in [0.5, 0.6) is 5.75 Å². The fourth-order valence-electron chi connectivity index (χ4n) is 5.63. The second-order valence-corrected chi connectivity index (χ2v) is 13.7. The first-order chi connectivity index (χ1) is 23.4. The number of benzene rings is 1. The number of carbonyl (C=O) groups excluding carboxylic acids is 3. The third-order valence-electron chi connectivity index (χ3n) is 8.28. The van der Waals surface area contributed by atoms with Gasteiger partial charge in [0.25, 0.3) is 0 Å². The van der Waals surface area contributed by atoms with E-state index in [-0.39, 0.29) is 37.1 Å². The molecule has 17 heteroatoms. The number of hydrogen-bond donors (Lipinski definition) is 2. The van der Waals surface area contributed by atoms with E-state index < -0.39 is 55.6 Å². The predicted molar refractivity (Wildman–Crippen MR) is 173 cm³/mol. The van der Waals surface area contributed by atoms with Gasteiger partial charge in [-0.2, -0.15) is 10.2 Å². The number of fused-ring (bicyclic) bond motifs is 1. The molecular formula is C32H42N5O11P. The maximum Gasteiger partial charge on any atom is 0.459 e. The van der Waals surface area contributed by atoms with Gasteiger partial charge in [-0.1, -0.05) is 32.0 Å². The van der Waals surface area contributed by atoms with Crippen molar-refractivity contribution in [3.8, 4) is 5.75 Å². The summed E-state index contributed by atoms with van der Waals surface area (Å²) >= 11 is 0. The van der Waals surface area contributed by atoms with Crippen LogP contribution in [0.1, 0.15) is 59.1 Å². The van der Waals surface area contributed by atoms with Gasteiger partial charge in [-0.3, -0.25) is 18.9 Å². The Hall–Kier alpha value is -4.08. The number of carbonyl (C=O) groups is 3. The van der Waals surface area contributed by atoms with Crippen LogP contribution in [0.25, 0.3) is 5.52 Å². The topological polar surface area (TPSA) is 201 Å². The van der Waals surface area contributed by atoms with Crippen molar-refractivity contribution in [2.24, 2.45) is 0 Å². The number of nitrogens with one attached hydrogen (secondary N) is 1. The molecule has 3 aromatic rings. The lowest BCUT2D eigenvalue weighted by molar-refractivity contribution is -0.189. The Kier molecular flexibility index (Phi) is 11.2. The van der Waals surface area contributed by atoms with Gasteiger partial charge >= 0.3 is 25.7 Å². The molecule has 4 heterocycles. The van der Waals surface area contributed by atoms with Gasteiger partial charge in [-0.25, -0.2) is 14.1 Å². The molecule has 2 aliphatic heterocycles. The Morgan fingerprint density at radius 1 is 1.08 bits per heavy atom.